The van der Waals surface area contributed by atoms with Crippen LogP contribution in [0.15, 0.2) is 17.0 Å². The van der Waals surface area contributed by atoms with E-state index in [0.29, 0.717) is 11.4 Å². The second-order valence-electron chi connectivity index (χ2n) is 5.59. The highest BCUT2D eigenvalue weighted by molar-refractivity contribution is 7.89. The van der Waals surface area contributed by atoms with Crippen LogP contribution in [0.3, 0.4) is 0 Å². The fourth-order valence-corrected chi connectivity index (χ4v) is 3.64. The van der Waals surface area contributed by atoms with Crippen LogP contribution in [0.25, 0.3) is 0 Å². The maximum absolute atomic E-state index is 12.5. The largest absolute Gasteiger partial charge is 0.326 e. The van der Waals surface area contributed by atoms with Crippen LogP contribution in [0, 0.1) is 13.8 Å². The van der Waals surface area contributed by atoms with E-state index in [4.69, 9.17) is 5.73 Å². The van der Waals surface area contributed by atoms with E-state index >= 15 is 0 Å². The van der Waals surface area contributed by atoms with Gasteiger partial charge in [0.25, 0.3) is 0 Å². The van der Waals surface area contributed by atoms with Crippen molar-refractivity contribution in [2.24, 2.45) is 5.73 Å². The summed E-state index contributed by atoms with van der Waals surface area (Å²) in [5.74, 6) is 0. The van der Waals surface area contributed by atoms with Gasteiger partial charge in [0.15, 0.2) is 0 Å². The zero-order chi connectivity index (χ0) is 14.8. The van der Waals surface area contributed by atoms with Gasteiger partial charge in [0, 0.05) is 12.1 Å². The molecule has 0 aromatic heterocycles. The number of hydrogen-bond acceptors (Lipinski definition) is 3. The summed E-state index contributed by atoms with van der Waals surface area (Å²) in [5.41, 5.74) is 7.82. The first-order valence-electron chi connectivity index (χ1n) is 6.47. The van der Waals surface area contributed by atoms with E-state index in [9.17, 15) is 8.42 Å². The Morgan fingerprint density at radius 1 is 1.21 bits per heavy atom. The van der Waals surface area contributed by atoms with Gasteiger partial charge in [-0.25, -0.2) is 13.1 Å². The molecule has 0 saturated carbocycles. The summed E-state index contributed by atoms with van der Waals surface area (Å²) in [4.78, 5) is 0.320. The Labute approximate surface area is 116 Å². The van der Waals surface area contributed by atoms with Crippen molar-refractivity contribution in [1.29, 1.82) is 0 Å². The highest BCUT2D eigenvalue weighted by Gasteiger charge is 2.26. The minimum Gasteiger partial charge on any atom is -0.326 e. The van der Waals surface area contributed by atoms with Crippen molar-refractivity contribution < 1.29 is 8.42 Å². The minimum absolute atomic E-state index is 0.320. The molecule has 0 unspecified atom stereocenters. The van der Waals surface area contributed by atoms with E-state index in [-0.39, 0.29) is 0 Å². The Hall–Kier alpha value is -0.910. The molecule has 0 bridgehead atoms. The molecule has 4 nitrogen and oxygen atoms in total. The van der Waals surface area contributed by atoms with Gasteiger partial charge < -0.3 is 5.73 Å². The number of rotatable bonds is 5. The third-order valence-electron chi connectivity index (χ3n) is 3.44. The monoisotopic (exact) mass is 284 g/mol. The van der Waals surface area contributed by atoms with Gasteiger partial charge in [-0.3, -0.25) is 0 Å². The third-order valence-corrected chi connectivity index (χ3v) is 5.28. The van der Waals surface area contributed by atoms with Gasteiger partial charge >= 0.3 is 0 Å². The van der Waals surface area contributed by atoms with Crippen LogP contribution < -0.4 is 10.5 Å². The average molecular weight is 284 g/mol. The Morgan fingerprint density at radius 3 is 2.26 bits per heavy atom. The number of nitrogens with one attached hydrogen (secondary N) is 1. The molecule has 0 fully saturated rings. The summed E-state index contributed by atoms with van der Waals surface area (Å²) in [6, 6.07) is 3.55. The fraction of sp³-hybridized carbons (Fsp3) is 0.571. The van der Waals surface area contributed by atoms with Gasteiger partial charge in [-0.2, -0.15) is 0 Å². The van der Waals surface area contributed by atoms with E-state index in [1.807, 2.05) is 33.8 Å². The lowest BCUT2D eigenvalue weighted by atomic mass is 10.0. The topological polar surface area (TPSA) is 72.2 Å². The molecule has 3 N–H and O–H groups in total. The zero-order valence-electron chi connectivity index (χ0n) is 12.4. The van der Waals surface area contributed by atoms with E-state index in [1.54, 1.807) is 13.0 Å². The van der Waals surface area contributed by atoms with Crippen LogP contribution >= 0.6 is 0 Å². The first kappa shape index (κ1) is 16.1. The summed E-state index contributed by atoms with van der Waals surface area (Å²) in [5, 5.41) is 0. The second-order valence-corrected chi connectivity index (χ2v) is 7.24. The quantitative estimate of drug-likeness (QED) is 0.871. The van der Waals surface area contributed by atoms with Crippen LogP contribution in [-0.2, 0) is 16.6 Å². The molecule has 1 aromatic rings. The molecule has 0 spiro atoms. The summed E-state index contributed by atoms with van der Waals surface area (Å²) >= 11 is 0. The van der Waals surface area contributed by atoms with Crippen molar-refractivity contribution in [3.63, 3.8) is 0 Å². The lowest BCUT2D eigenvalue weighted by molar-refractivity contribution is 0.439. The number of benzene rings is 1. The summed E-state index contributed by atoms with van der Waals surface area (Å²) in [6.45, 7) is 9.78. The molecule has 0 aliphatic rings. The van der Waals surface area contributed by atoms with Gasteiger partial charge in [-0.15, -0.1) is 0 Å². The van der Waals surface area contributed by atoms with Gasteiger partial charge in [0.05, 0.1) is 4.90 Å². The van der Waals surface area contributed by atoms with Crippen LogP contribution in [0.5, 0.6) is 0 Å². The molecule has 5 heteroatoms. The van der Waals surface area contributed by atoms with E-state index < -0.39 is 15.6 Å². The van der Waals surface area contributed by atoms with Gasteiger partial charge in [0.1, 0.15) is 0 Å². The fourth-order valence-electron chi connectivity index (χ4n) is 1.87. The molecule has 0 radical (unpaired) electrons. The predicted octanol–water partition coefficient (Wildman–Crippen LogP) is 2.23. The number of nitrogens with two attached hydrogens (primary N) is 1. The first-order valence-corrected chi connectivity index (χ1v) is 7.95. The van der Waals surface area contributed by atoms with Gasteiger partial charge in [0.2, 0.25) is 10.0 Å². The lowest BCUT2D eigenvalue weighted by Gasteiger charge is -2.25. The molecule has 0 amide bonds. The molecular formula is C14H24N2O2S. The molecule has 1 aromatic carbocycles. The number of sulfonamides is 1. The van der Waals surface area contributed by atoms with E-state index in [1.165, 1.54) is 0 Å². The maximum Gasteiger partial charge on any atom is 0.241 e. The maximum atomic E-state index is 12.5. The average Bonchev–Trinajstić information content (AvgIpc) is 2.27. The Morgan fingerprint density at radius 2 is 1.79 bits per heavy atom. The SMILES string of the molecule is CCC(C)(C)NS(=O)(=O)c1cc(CN)c(C)cc1C. The Balaban J connectivity index is 3.29. The summed E-state index contributed by atoms with van der Waals surface area (Å²) in [7, 11) is -3.52. The molecule has 0 saturated heterocycles. The molecule has 0 heterocycles. The van der Waals surface area contributed by atoms with Crippen molar-refractivity contribution in [2.45, 2.75) is 58.0 Å². The summed E-state index contributed by atoms with van der Waals surface area (Å²) < 4.78 is 27.7. The van der Waals surface area contributed by atoms with Crippen LogP contribution in [-0.4, -0.2) is 14.0 Å². The molecule has 19 heavy (non-hydrogen) atoms. The smallest absolute Gasteiger partial charge is 0.241 e. The first-order chi connectivity index (χ1) is 8.63. The predicted molar refractivity (Wildman–Crippen MR) is 78.5 cm³/mol. The number of aryl methyl sites for hydroxylation is 2. The van der Waals surface area contributed by atoms with Crippen molar-refractivity contribution in [3.8, 4) is 0 Å². The second kappa shape index (κ2) is 5.61. The molecule has 108 valence electrons. The standard InChI is InChI=1S/C14H24N2O2S/c1-6-14(4,5)16-19(17,18)13-8-12(9-15)10(2)7-11(13)3/h7-8,16H,6,9,15H2,1-5H3. The molecule has 0 aliphatic heterocycles. The van der Waals surface area contributed by atoms with E-state index in [0.717, 1.165) is 23.1 Å². The molecule has 0 aliphatic carbocycles. The molecule has 1 rings (SSSR count). The minimum atomic E-state index is -3.52. The highest BCUT2D eigenvalue weighted by atomic mass is 32.2. The number of hydrogen-bond donors (Lipinski definition) is 2. The Kier molecular flexibility index (Phi) is 4.76. The van der Waals surface area contributed by atoms with Crippen LogP contribution in [0.4, 0.5) is 0 Å². The zero-order valence-corrected chi connectivity index (χ0v) is 13.2. The van der Waals surface area contributed by atoms with Gasteiger partial charge in [-0.05, 0) is 56.9 Å². The molecule has 0 atom stereocenters. The van der Waals surface area contributed by atoms with Gasteiger partial charge in [-0.1, -0.05) is 13.0 Å². The third kappa shape index (κ3) is 3.78. The molecular weight excluding hydrogens is 260 g/mol. The van der Waals surface area contributed by atoms with Crippen molar-refractivity contribution in [2.75, 3.05) is 0 Å². The van der Waals surface area contributed by atoms with Crippen molar-refractivity contribution in [3.05, 3.63) is 28.8 Å². The van der Waals surface area contributed by atoms with Crippen LogP contribution in [0.2, 0.25) is 0 Å². The van der Waals surface area contributed by atoms with E-state index in [2.05, 4.69) is 4.72 Å². The van der Waals surface area contributed by atoms with Crippen molar-refractivity contribution in [1.82, 2.24) is 4.72 Å². The van der Waals surface area contributed by atoms with Crippen LogP contribution in [0.1, 0.15) is 43.9 Å². The normalized spacial score (nSPS) is 12.7. The Bertz CT molecular complexity index is 563. The van der Waals surface area contributed by atoms with Crippen molar-refractivity contribution >= 4 is 10.0 Å². The lowest BCUT2D eigenvalue weighted by Crippen LogP contribution is -2.42. The summed E-state index contributed by atoms with van der Waals surface area (Å²) in [6.07, 6.45) is 0.723. The highest BCUT2D eigenvalue weighted by Crippen LogP contribution is 2.22.